The van der Waals surface area contributed by atoms with Gasteiger partial charge in [-0.3, -0.25) is 9.05 Å². The first-order chi connectivity index (χ1) is 11.2. The number of hydrogen-bond donors (Lipinski definition) is 2. The highest BCUT2D eigenvalue weighted by atomic mass is 31.2. The first kappa shape index (κ1) is 22.2. The predicted octanol–water partition coefficient (Wildman–Crippen LogP) is 5.17. The summed E-state index contributed by atoms with van der Waals surface area (Å²) in [6.07, 6.45) is 0.645. The third-order valence-corrected chi connectivity index (χ3v) is 6.12. The molecule has 0 amide bonds. The summed E-state index contributed by atoms with van der Waals surface area (Å²) < 4.78 is 22.4. The number of phosphoric ester groups is 1. The van der Waals surface area contributed by atoms with Crippen molar-refractivity contribution in [2.45, 2.75) is 54.9 Å². The van der Waals surface area contributed by atoms with Crippen molar-refractivity contribution in [3.05, 3.63) is 29.8 Å². The average Bonchev–Trinajstić information content (AvgIpc) is 2.42. The minimum absolute atomic E-state index is 0.0919. The third kappa shape index (κ3) is 5.55. The highest BCUT2D eigenvalue weighted by Crippen LogP contribution is 2.56. The standard InChI is InChI=1S/C19H33O5P/c1-8-23-25(21,22)24-14-19(17(2,3)4,18(5,6)7)13-15-9-11-16(20)12-10-15/h9-12,20H,8,13-14H2,1-7H3,(H,21,22). The first-order valence-corrected chi connectivity index (χ1v) is 10.1. The highest BCUT2D eigenvalue weighted by Gasteiger charge is 2.51. The smallest absolute Gasteiger partial charge is 0.472 e. The van der Waals surface area contributed by atoms with Gasteiger partial charge in [0.05, 0.1) is 13.2 Å². The van der Waals surface area contributed by atoms with Gasteiger partial charge in [-0.1, -0.05) is 53.7 Å². The van der Waals surface area contributed by atoms with Gasteiger partial charge in [0.2, 0.25) is 0 Å². The quantitative estimate of drug-likeness (QED) is 0.646. The summed E-state index contributed by atoms with van der Waals surface area (Å²) in [5.41, 5.74) is 0.174. The van der Waals surface area contributed by atoms with Crippen molar-refractivity contribution < 1.29 is 23.6 Å². The zero-order chi connectivity index (χ0) is 19.5. The lowest BCUT2D eigenvalue weighted by molar-refractivity contribution is -0.0747. The maximum atomic E-state index is 12.1. The molecule has 1 aromatic rings. The van der Waals surface area contributed by atoms with Gasteiger partial charge in [-0.05, 0) is 41.9 Å². The number of phenolic OH excluding ortho intramolecular Hbond substituents is 1. The summed E-state index contributed by atoms with van der Waals surface area (Å²) in [5, 5.41) is 9.53. The van der Waals surface area contributed by atoms with Gasteiger partial charge in [-0.15, -0.1) is 0 Å². The summed E-state index contributed by atoms with van der Waals surface area (Å²) in [6, 6.07) is 7.07. The topological polar surface area (TPSA) is 76.0 Å². The number of benzene rings is 1. The van der Waals surface area contributed by atoms with Gasteiger partial charge in [0.25, 0.3) is 0 Å². The summed E-state index contributed by atoms with van der Waals surface area (Å²) in [4.78, 5) is 9.89. The fourth-order valence-electron chi connectivity index (χ4n) is 3.49. The molecule has 1 aromatic carbocycles. The van der Waals surface area contributed by atoms with Gasteiger partial charge in [-0.25, -0.2) is 4.57 Å². The Hall–Kier alpha value is -0.870. The highest BCUT2D eigenvalue weighted by molar-refractivity contribution is 7.47. The van der Waals surface area contributed by atoms with E-state index < -0.39 is 13.2 Å². The van der Waals surface area contributed by atoms with E-state index >= 15 is 0 Å². The zero-order valence-corrected chi connectivity index (χ0v) is 17.4. The summed E-state index contributed by atoms with van der Waals surface area (Å²) in [5.74, 6) is 0.216. The van der Waals surface area contributed by atoms with E-state index in [1.807, 2.05) is 12.1 Å². The SMILES string of the molecule is CCOP(=O)(O)OCC(Cc1ccc(O)cc1)(C(C)(C)C)C(C)(C)C. The van der Waals surface area contributed by atoms with E-state index in [0.717, 1.165) is 5.56 Å². The van der Waals surface area contributed by atoms with Crippen molar-refractivity contribution in [2.75, 3.05) is 13.2 Å². The fraction of sp³-hybridized carbons (Fsp3) is 0.684. The Bertz CT molecular complexity index is 582. The Morgan fingerprint density at radius 1 is 0.960 bits per heavy atom. The van der Waals surface area contributed by atoms with Gasteiger partial charge < -0.3 is 10.00 Å². The molecule has 0 aliphatic rings. The molecule has 0 saturated carbocycles. The zero-order valence-electron chi connectivity index (χ0n) is 16.5. The van der Waals surface area contributed by atoms with Crippen LogP contribution < -0.4 is 0 Å². The van der Waals surface area contributed by atoms with Gasteiger partial charge in [0, 0.05) is 5.41 Å². The Morgan fingerprint density at radius 2 is 1.44 bits per heavy atom. The van der Waals surface area contributed by atoms with Crippen molar-refractivity contribution in [1.29, 1.82) is 0 Å². The molecular weight excluding hydrogens is 339 g/mol. The van der Waals surface area contributed by atoms with Crippen LogP contribution in [0, 0.1) is 16.2 Å². The molecule has 0 heterocycles. The minimum atomic E-state index is -4.08. The van der Waals surface area contributed by atoms with Gasteiger partial charge in [-0.2, -0.15) is 0 Å². The molecule has 0 aromatic heterocycles. The van der Waals surface area contributed by atoms with Crippen LogP contribution in [0.2, 0.25) is 0 Å². The van der Waals surface area contributed by atoms with E-state index in [-0.39, 0.29) is 29.8 Å². The summed E-state index contributed by atoms with van der Waals surface area (Å²) >= 11 is 0. The van der Waals surface area contributed by atoms with Crippen molar-refractivity contribution in [1.82, 2.24) is 0 Å². The van der Waals surface area contributed by atoms with E-state index in [9.17, 15) is 14.6 Å². The molecule has 0 bridgehead atoms. The lowest BCUT2D eigenvalue weighted by Gasteiger charge is -2.54. The molecule has 0 spiro atoms. The maximum Gasteiger partial charge on any atom is 0.472 e. The average molecular weight is 372 g/mol. The van der Waals surface area contributed by atoms with Gasteiger partial charge in [0.15, 0.2) is 0 Å². The first-order valence-electron chi connectivity index (χ1n) is 8.64. The van der Waals surface area contributed by atoms with Gasteiger partial charge >= 0.3 is 7.82 Å². The van der Waals surface area contributed by atoms with Crippen LogP contribution in [-0.2, 0) is 20.0 Å². The molecule has 25 heavy (non-hydrogen) atoms. The second-order valence-electron chi connectivity index (χ2n) is 8.59. The number of rotatable bonds is 7. The predicted molar refractivity (Wildman–Crippen MR) is 101 cm³/mol. The Labute approximate surface area is 152 Å². The number of phenols is 1. The number of phosphoric acid groups is 1. The molecule has 1 unspecified atom stereocenters. The number of hydrogen-bond acceptors (Lipinski definition) is 4. The largest absolute Gasteiger partial charge is 0.508 e. The Kier molecular flexibility index (Phi) is 6.91. The van der Waals surface area contributed by atoms with Crippen LogP contribution in [0.3, 0.4) is 0 Å². The third-order valence-electron chi connectivity index (χ3n) is 5.08. The summed E-state index contributed by atoms with van der Waals surface area (Å²) in [7, 11) is -4.08. The van der Waals surface area contributed by atoms with Crippen LogP contribution in [0.1, 0.15) is 54.0 Å². The van der Waals surface area contributed by atoms with Crippen molar-refractivity contribution in [3.8, 4) is 5.75 Å². The van der Waals surface area contributed by atoms with Crippen LogP contribution in [-0.4, -0.2) is 23.2 Å². The Balaban J connectivity index is 3.28. The van der Waals surface area contributed by atoms with E-state index in [2.05, 4.69) is 41.5 Å². The van der Waals surface area contributed by atoms with Crippen LogP contribution in [0.25, 0.3) is 0 Å². The molecule has 0 aliphatic carbocycles. The van der Waals surface area contributed by atoms with E-state index in [1.165, 1.54) is 0 Å². The fourth-order valence-corrected chi connectivity index (χ4v) is 4.28. The minimum Gasteiger partial charge on any atom is -0.508 e. The second kappa shape index (κ2) is 7.79. The van der Waals surface area contributed by atoms with Crippen LogP contribution in [0.4, 0.5) is 0 Å². The van der Waals surface area contributed by atoms with Crippen molar-refractivity contribution >= 4 is 7.82 Å². The monoisotopic (exact) mass is 372 g/mol. The van der Waals surface area contributed by atoms with E-state index in [4.69, 9.17) is 9.05 Å². The molecular formula is C19H33O5P. The maximum absolute atomic E-state index is 12.1. The molecule has 1 atom stereocenters. The lowest BCUT2D eigenvalue weighted by atomic mass is 9.52. The summed E-state index contributed by atoms with van der Waals surface area (Å²) in [6.45, 7) is 14.6. The number of aromatic hydroxyl groups is 1. The van der Waals surface area contributed by atoms with Crippen LogP contribution in [0.15, 0.2) is 24.3 Å². The lowest BCUT2D eigenvalue weighted by Crippen LogP contribution is -2.51. The van der Waals surface area contributed by atoms with Gasteiger partial charge in [0.1, 0.15) is 5.75 Å². The van der Waals surface area contributed by atoms with Crippen LogP contribution in [0.5, 0.6) is 5.75 Å². The van der Waals surface area contributed by atoms with Crippen molar-refractivity contribution in [2.24, 2.45) is 16.2 Å². The molecule has 0 aliphatic heterocycles. The molecule has 5 nitrogen and oxygen atoms in total. The molecule has 144 valence electrons. The molecule has 1 rings (SSSR count). The molecule has 6 heteroatoms. The molecule has 2 N–H and O–H groups in total. The van der Waals surface area contributed by atoms with E-state index in [1.54, 1.807) is 19.1 Å². The molecule has 0 saturated heterocycles. The van der Waals surface area contributed by atoms with E-state index in [0.29, 0.717) is 6.42 Å². The molecule has 0 radical (unpaired) electrons. The van der Waals surface area contributed by atoms with Crippen LogP contribution >= 0.6 is 7.82 Å². The normalized spacial score (nSPS) is 15.8. The Morgan fingerprint density at radius 3 is 1.84 bits per heavy atom. The van der Waals surface area contributed by atoms with Crippen molar-refractivity contribution in [3.63, 3.8) is 0 Å². The molecule has 0 fully saturated rings. The second-order valence-corrected chi connectivity index (χ2v) is 10.0.